The Kier molecular flexibility index (Phi) is 3.72. The lowest BCUT2D eigenvalue weighted by atomic mass is 10.2. The van der Waals surface area contributed by atoms with E-state index < -0.39 is 13.4 Å². The van der Waals surface area contributed by atoms with Gasteiger partial charge in [0.1, 0.15) is 0 Å². The summed E-state index contributed by atoms with van der Waals surface area (Å²) in [5.41, 5.74) is 7.03. The monoisotopic (exact) mass is 354 g/mol. The van der Waals surface area contributed by atoms with E-state index in [-0.39, 0.29) is 12.1 Å². The highest BCUT2D eigenvalue weighted by Crippen LogP contribution is 2.48. The van der Waals surface area contributed by atoms with Crippen LogP contribution in [0.2, 0.25) is 0 Å². The normalized spacial score (nSPS) is 24.6. The van der Waals surface area contributed by atoms with E-state index in [1.54, 1.807) is 10.9 Å². The summed E-state index contributed by atoms with van der Waals surface area (Å²) in [5.74, 6) is -0.240. The van der Waals surface area contributed by atoms with Crippen molar-refractivity contribution < 1.29 is 19.1 Å². The summed E-state index contributed by atoms with van der Waals surface area (Å²) in [4.78, 5) is 31.3. The highest BCUT2D eigenvalue weighted by Gasteiger charge is 2.37. The summed E-state index contributed by atoms with van der Waals surface area (Å²) in [7, 11) is -4.22. The first kappa shape index (κ1) is 15.8. The van der Waals surface area contributed by atoms with Gasteiger partial charge < -0.3 is 30.1 Å². The van der Waals surface area contributed by atoms with E-state index in [2.05, 4.69) is 20.3 Å². The number of nitrogens with zero attached hydrogens (tertiary/aromatic N) is 4. The van der Waals surface area contributed by atoms with Crippen molar-refractivity contribution >= 4 is 30.5 Å². The molecule has 2 atom stereocenters. The van der Waals surface area contributed by atoms with Crippen LogP contribution in [-0.2, 0) is 15.8 Å². The van der Waals surface area contributed by atoms with Gasteiger partial charge in [-0.3, -0.25) is 4.57 Å². The maximum absolute atomic E-state index is 11.3. The third-order valence-electron chi connectivity index (χ3n) is 4.26. The molecule has 4 rings (SSSR count). The molecule has 2 aromatic heterocycles. The lowest BCUT2D eigenvalue weighted by Gasteiger charge is -2.15. The number of anilines is 2. The quantitative estimate of drug-likeness (QED) is 0.568. The summed E-state index contributed by atoms with van der Waals surface area (Å²) in [6.45, 7) is 0.409. The molecule has 1 saturated heterocycles. The Morgan fingerprint density at radius 3 is 2.79 bits per heavy atom. The molecule has 5 N–H and O–H groups in total. The molecule has 130 valence electrons. The van der Waals surface area contributed by atoms with Gasteiger partial charge in [0, 0.05) is 6.04 Å². The van der Waals surface area contributed by atoms with E-state index in [9.17, 15) is 14.4 Å². The van der Waals surface area contributed by atoms with Crippen LogP contribution >= 0.6 is 7.60 Å². The molecule has 2 fully saturated rings. The maximum atomic E-state index is 11.3. The van der Waals surface area contributed by atoms with E-state index >= 15 is 0 Å². The first-order valence-electron chi connectivity index (χ1n) is 7.86. The molecule has 2 aliphatic rings. The molecule has 0 amide bonds. The number of hydrogen-bond donors (Lipinski definition) is 4. The predicted octanol–water partition coefficient (Wildman–Crippen LogP) is 0.666. The minimum Gasteiger partial charge on any atom is -0.368 e. The first-order chi connectivity index (χ1) is 11.4. The summed E-state index contributed by atoms with van der Waals surface area (Å²) in [6, 6.07) is 0.412. The fourth-order valence-corrected chi connectivity index (χ4v) is 3.72. The number of ether oxygens (including phenoxy) is 1. The molecule has 3 heterocycles. The number of hydrogen-bond acceptors (Lipinski definition) is 7. The molecular weight excluding hydrogens is 335 g/mol. The van der Waals surface area contributed by atoms with Crippen molar-refractivity contribution in [1.29, 1.82) is 0 Å². The lowest BCUT2D eigenvalue weighted by Crippen LogP contribution is -2.17. The second-order valence-corrected chi connectivity index (χ2v) is 8.05. The van der Waals surface area contributed by atoms with Gasteiger partial charge in [-0.1, -0.05) is 0 Å². The van der Waals surface area contributed by atoms with Crippen molar-refractivity contribution in [3.05, 3.63) is 6.33 Å². The van der Waals surface area contributed by atoms with Gasteiger partial charge in [-0.25, -0.2) is 4.98 Å². The Morgan fingerprint density at radius 1 is 1.33 bits per heavy atom. The topological polar surface area (TPSA) is 148 Å². The summed E-state index contributed by atoms with van der Waals surface area (Å²) < 4.78 is 18.6. The van der Waals surface area contributed by atoms with Gasteiger partial charge in [0.2, 0.25) is 5.95 Å². The smallest absolute Gasteiger partial charge is 0.354 e. The van der Waals surface area contributed by atoms with Crippen LogP contribution < -0.4 is 11.1 Å². The molecule has 0 bridgehead atoms. The number of nitrogen functional groups attached to an aromatic ring is 1. The SMILES string of the molecule is Nc1nc(NC2CC2)c2ncn(C[C@@H]3CC[C@H](P(=O)(O)O)O3)c2n1. The fraction of sp³-hybridized carbons (Fsp3) is 0.615. The molecule has 11 heteroatoms. The van der Waals surface area contributed by atoms with Gasteiger partial charge in [0.15, 0.2) is 22.8 Å². The van der Waals surface area contributed by atoms with Gasteiger partial charge in [-0.15, -0.1) is 0 Å². The number of nitrogens with two attached hydrogens (primary N) is 1. The molecule has 0 unspecified atom stereocenters. The zero-order valence-corrected chi connectivity index (χ0v) is 13.8. The second-order valence-electron chi connectivity index (χ2n) is 6.30. The van der Waals surface area contributed by atoms with Crippen LogP contribution in [0.3, 0.4) is 0 Å². The fourth-order valence-electron chi connectivity index (χ4n) is 2.90. The maximum Gasteiger partial charge on any atom is 0.354 e. The molecule has 2 aromatic rings. The highest BCUT2D eigenvalue weighted by molar-refractivity contribution is 7.52. The van der Waals surface area contributed by atoms with Crippen LogP contribution in [-0.4, -0.2) is 47.3 Å². The second kappa shape index (κ2) is 5.66. The standard InChI is InChI=1S/C13H19N6O4P/c14-13-17-11(16-7-1-2-7)10-12(18-13)19(6-15-10)5-8-3-4-9(23-8)24(20,21)22/h6-9H,1-5H2,(H2,20,21,22)(H3,14,16,17,18)/t8-,9-/m0/s1. The number of aromatic nitrogens is 4. The Balaban J connectivity index is 1.57. The minimum absolute atomic E-state index is 0.160. The summed E-state index contributed by atoms with van der Waals surface area (Å²) in [5, 5.41) is 3.29. The summed E-state index contributed by atoms with van der Waals surface area (Å²) >= 11 is 0. The summed E-state index contributed by atoms with van der Waals surface area (Å²) in [6.07, 6.45) is 4.45. The van der Waals surface area contributed by atoms with E-state index in [1.165, 1.54) is 0 Å². The number of fused-ring (bicyclic) bond motifs is 1. The zero-order chi connectivity index (χ0) is 16.9. The van der Waals surface area contributed by atoms with Crippen molar-refractivity contribution in [2.45, 2.75) is 50.2 Å². The number of imidazole rings is 1. The third-order valence-corrected chi connectivity index (χ3v) is 5.39. The average molecular weight is 354 g/mol. The van der Waals surface area contributed by atoms with E-state index in [0.29, 0.717) is 42.4 Å². The van der Waals surface area contributed by atoms with Gasteiger partial charge in [-0.05, 0) is 25.7 Å². The van der Waals surface area contributed by atoms with Gasteiger partial charge in [-0.2, -0.15) is 9.97 Å². The van der Waals surface area contributed by atoms with Crippen molar-refractivity contribution in [2.75, 3.05) is 11.1 Å². The molecule has 10 nitrogen and oxygen atoms in total. The van der Waals surface area contributed by atoms with Crippen LogP contribution in [0.5, 0.6) is 0 Å². The largest absolute Gasteiger partial charge is 0.368 e. The molecule has 0 radical (unpaired) electrons. The van der Waals surface area contributed by atoms with Gasteiger partial charge in [0.25, 0.3) is 0 Å². The zero-order valence-electron chi connectivity index (χ0n) is 12.9. The van der Waals surface area contributed by atoms with Crippen molar-refractivity contribution in [2.24, 2.45) is 0 Å². The van der Waals surface area contributed by atoms with Gasteiger partial charge in [0.05, 0.1) is 19.0 Å². The van der Waals surface area contributed by atoms with Crippen LogP contribution in [0, 0.1) is 0 Å². The Labute approximate surface area is 137 Å². The Bertz CT molecular complexity index is 816. The van der Waals surface area contributed by atoms with Crippen LogP contribution in [0.4, 0.5) is 11.8 Å². The first-order valence-corrected chi connectivity index (χ1v) is 9.54. The van der Waals surface area contributed by atoms with E-state index in [1.807, 2.05) is 0 Å². The van der Waals surface area contributed by atoms with Crippen molar-refractivity contribution in [3.63, 3.8) is 0 Å². The number of nitrogens with one attached hydrogen (secondary N) is 1. The van der Waals surface area contributed by atoms with Crippen LogP contribution in [0.25, 0.3) is 11.2 Å². The lowest BCUT2D eigenvalue weighted by molar-refractivity contribution is 0.0621. The average Bonchev–Trinajstić information content (AvgIpc) is 3.03. The Morgan fingerprint density at radius 2 is 2.12 bits per heavy atom. The minimum atomic E-state index is -4.22. The van der Waals surface area contributed by atoms with Crippen molar-refractivity contribution in [3.8, 4) is 0 Å². The van der Waals surface area contributed by atoms with Crippen LogP contribution in [0.1, 0.15) is 25.7 Å². The predicted molar refractivity (Wildman–Crippen MR) is 86.3 cm³/mol. The van der Waals surface area contributed by atoms with E-state index in [4.69, 9.17) is 10.5 Å². The number of rotatable bonds is 5. The van der Waals surface area contributed by atoms with Crippen LogP contribution in [0.15, 0.2) is 6.33 Å². The van der Waals surface area contributed by atoms with Crippen molar-refractivity contribution in [1.82, 2.24) is 19.5 Å². The molecular formula is C13H19N6O4P. The molecule has 0 spiro atoms. The molecule has 0 aromatic carbocycles. The molecule has 1 aliphatic heterocycles. The molecule has 1 aliphatic carbocycles. The highest BCUT2D eigenvalue weighted by atomic mass is 31.2. The van der Waals surface area contributed by atoms with E-state index in [0.717, 1.165) is 12.8 Å². The molecule has 24 heavy (non-hydrogen) atoms. The molecule has 1 saturated carbocycles. The van der Waals surface area contributed by atoms with Gasteiger partial charge >= 0.3 is 7.60 Å². The third kappa shape index (κ3) is 3.10. The Hall–Kier alpha value is -1.74.